The average Bonchev–Trinajstić information content (AvgIpc) is 3.28. The maximum atomic E-state index is 12.1. The Hall–Kier alpha value is -2.25. The highest BCUT2D eigenvalue weighted by molar-refractivity contribution is 7.91. The van der Waals surface area contributed by atoms with E-state index < -0.39 is 9.84 Å². The Morgan fingerprint density at radius 1 is 1.31 bits per heavy atom. The number of hydrogen-bond acceptors (Lipinski definition) is 6. The second-order valence-corrected chi connectivity index (χ2v) is 8.95. The molecular formula is C19H21N3O3S. The van der Waals surface area contributed by atoms with Gasteiger partial charge >= 0.3 is 0 Å². The van der Waals surface area contributed by atoms with Crippen LogP contribution in [0.3, 0.4) is 0 Å². The second-order valence-electron chi connectivity index (χ2n) is 6.67. The molecule has 0 spiro atoms. The number of nitrogens with zero attached hydrogens (tertiary/aromatic N) is 3. The number of fused-ring (bicyclic) bond motifs is 1. The molecule has 0 bridgehead atoms. The molecule has 0 radical (unpaired) electrons. The van der Waals surface area contributed by atoms with E-state index in [0.29, 0.717) is 21.9 Å². The Bertz CT molecular complexity index is 1010. The smallest absolute Gasteiger partial charge is 0.199 e. The van der Waals surface area contributed by atoms with E-state index in [1.807, 2.05) is 12.3 Å². The largest absolute Gasteiger partial charge is 0.440 e. The SMILES string of the molecule is CCS(=O)(=O)c1ccc2oc(C3CCN(Cc4cccnc4)C3)nc2c1. The van der Waals surface area contributed by atoms with Crippen LogP contribution in [0.15, 0.2) is 52.0 Å². The van der Waals surface area contributed by atoms with Gasteiger partial charge in [-0.1, -0.05) is 13.0 Å². The number of benzene rings is 1. The Morgan fingerprint density at radius 2 is 2.19 bits per heavy atom. The first-order valence-electron chi connectivity index (χ1n) is 8.79. The minimum atomic E-state index is -3.24. The van der Waals surface area contributed by atoms with E-state index in [1.165, 1.54) is 5.56 Å². The van der Waals surface area contributed by atoms with Crippen molar-refractivity contribution in [1.82, 2.24) is 14.9 Å². The fraction of sp³-hybridized carbons (Fsp3) is 0.368. The van der Waals surface area contributed by atoms with E-state index in [0.717, 1.165) is 26.1 Å². The fourth-order valence-electron chi connectivity index (χ4n) is 3.39. The van der Waals surface area contributed by atoms with Crippen LogP contribution < -0.4 is 0 Å². The first-order valence-corrected chi connectivity index (χ1v) is 10.4. The van der Waals surface area contributed by atoms with E-state index in [1.54, 1.807) is 31.3 Å². The van der Waals surface area contributed by atoms with E-state index in [2.05, 4.69) is 20.9 Å². The highest BCUT2D eigenvalue weighted by Crippen LogP contribution is 2.30. The predicted molar refractivity (Wildman–Crippen MR) is 98.6 cm³/mol. The number of pyridine rings is 1. The van der Waals surface area contributed by atoms with Crippen molar-refractivity contribution in [2.45, 2.75) is 30.7 Å². The summed E-state index contributed by atoms with van der Waals surface area (Å²) in [4.78, 5) is 11.4. The van der Waals surface area contributed by atoms with Crippen LogP contribution in [0.25, 0.3) is 11.1 Å². The fourth-order valence-corrected chi connectivity index (χ4v) is 4.29. The quantitative estimate of drug-likeness (QED) is 0.686. The molecule has 0 N–H and O–H groups in total. The Kier molecular flexibility index (Phi) is 4.50. The number of oxazole rings is 1. The summed E-state index contributed by atoms with van der Waals surface area (Å²) in [6.07, 6.45) is 4.65. The monoisotopic (exact) mass is 371 g/mol. The van der Waals surface area contributed by atoms with Crippen LogP contribution in [0.4, 0.5) is 0 Å². The van der Waals surface area contributed by atoms with Crippen molar-refractivity contribution in [2.75, 3.05) is 18.8 Å². The number of rotatable bonds is 5. The summed E-state index contributed by atoms with van der Waals surface area (Å²) in [5.74, 6) is 1.000. The second kappa shape index (κ2) is 6.81. The van der Waals surface area contributed by atoms with Crippen LogP contribution in [0.5, 0.6) is 0 Å². The molecule has 1 aliphatic heterocycles. The summed E-state index contributed by atoms with van der Waals surface area (Å²) in [7, 11) is -3.24. The van der Waals surface area contributed by atoms with Gasteiger partial charge in [0.2, 0.25) is 0 Å². The number of hydrogen-bond donors (Lipinski definition) is 0. The number of likely N-dealkylation sites (tertiary alicyclic amines) is 1. The standard InChI is InChI=1S/C19H21N3O3S/c1-2-26(23,24)16-5-6-18-17(10-16)21-19(25-18)15-7-9-22(13-15)12-14-4-3-8-20-11-14/h3-6,8,10-11,15H,2,7,9,12-13H2,1H3. The van der Waals surface area contributed by atoms with Crippen LogP contribution >= 0.6 is 0 Å². The molecule has 1 fully saturated rings. The zero-order valence-electron chi connectivity index (χ0n) is 14.6. The normalized spacial score (nSPS) is 18.6. The molecule has 3 aromatic rings. The van der Waals surface area contributed by atoms with Gasteiger partial charge in [0.25, 0.3) is 0 Å². The molecule has 1 aliphatic rings. The summed E-state index contributed by atoms with van der Waals surface area (Å²) in [6.45, 7) is 4.36. The summed E-state index contributed by atoms with van der Waals surface area (Å²) in [5.41, 5.74) is 2.45. The molecule has 2 aromatic heterocycles. The van der Waals surface area contributed by atoms with Crippen LogP contribution in [0.2, 0.25) is 0 Å². The van der Waals surface area contributed by atoms with Gasteiger partial charge in [-0.3, -0.25) is 9.88 Å². The van der Waals surface area contributed by atoms with Crippen molar-refractivity contribution in [3.63, 3.8) is 0 Å². The molecule has 0 amide bonds. The maximum absolute atomic E-state index is 12.1. The third-order valence-corrected chi connectivity index (χ3v) is 6.60. The van der Waals surface area contributed by atoms with Crippen LogP contribution in [-0.4, -0.2) is 42.1 Å². The van der Waals surface area contributed by atoms with Crippen molar-refractivity contribution in [1.29, 1.82) is 0 Å². The Labute approximate surface area is 152 Å². The highest BCUT2D eigenvalue weighted by Gasteiger charge is 2.28. The number of aromatic nitrogens is 2. The van der Waals surface area contributed by atoms with Gasteiger partial charge in [-0.2, -0.15) is 0 Å². The molecule has 4 rings (SSSR count). The maximum Gasteiger partial charge on any atom is 0.199 e. The molecule has 136 valence electrons. The molecule has 0 aliphatic carbocycles. The lowest BCUT2D eigenvalue weighted by molar-refractivity contribution is 0.320. The molecule has 7 heteroatoms. The van der Waals surface area contributed by atoms with Gasteiger partial charge in [0.1, 0.15) is 5.52 Å². The molecular weight excluding hydrogens is 350 g/mol. The summed E-state index contributed by atoms with van der Waals surface area (Å²) in [5, 5.41) is 0. The zero-order valence-corrected chi connectivity index (χ0v) is 15.4. The summed E-state index contributed by atoms with van der Waals surface area (Å²) in [6, 6.07) is 8.95. The van der Waals surface area contributed by atoms with E-state index in [-0.39, 0.29) is 11.7 Å². The summed E-state index contributed by atoms with van der Waals surface area (Å²) < 4.78 is 30.0. The predicted octanol–water partition coefficient (Wildman–Crippen LogP) is 3.01. The minimum Gasteiger partial charge on any atom is -0.440 e. The minimum absolute atomic E-state index is 0.0785. The molecule has 3 heterocycles. The van der Waals surface area contributed by atoms with Gasteiger partial charge < -0.3 is 4.42 Å². The van der Waals surface area contributed by atoms with E-state index >= 15 is 0 Å². The molecule has 1 aromatic carbocycles. The van der Waals surface area contributed by atoms with Crippen molar-refractivity contribution >= 4 is 20.9 Å². The highest BCUT2D eigenvalue weighted by atomic mass is 32.2. The van der Waals surface area contributed by atoms with Gasteiger partial charge in [0.15, 0.2) is 21.3 Å². The van der Waals surface area contributed by atoms with Crippen molar-refractivity contribution in [3.05, 3.63) is 54.2 Å². The van der Waals surface area contributed by atoms with E-state index in [9.17, 15) is 8.42 Å². The lowest BCUT2D eigenvalue weighted by Gasteiger charge is -2.14. The molecule has 1 atom stereocenters. The van der Waals surface area contributed by atoms with Gasteiger partial charge in [-0.15, -0.1) is 0 Å². The zero-order chi connectivity index (χ0) is 18.1. The lowest BCUT2D eigenvalue weighted by Crippen LogP contribution is -2.19. The number of sulfone groups is 1. The lowest BCUT2D eigenvalue weighted by atomic mass is 10.1. The first-order chi connectivity index (χ1) is 12.5. The topological polar surface area (TPSA) is 76.3 Å². The Morgan fingerprint density at radius 3 is 2.96 bits per heavy atom. The average molecular weight is 371 g/mol. The van der Waals surface area contributed by atoms with Crippen molar-refractivity contribution < 1.29 is 12.8 Å². The third kappa shape index (κ3) is 3.37. The van der Waals surface area contributed by atoms with Crippen molar-refractivity contribution in [2.24, 2.45) is 0 Å². The van der Waals surface area contributed by atoms with Gasteiger partial charge in [-0.25, -0.2) is 13.4 Å². The molecule has 26 heavy (non-hydrogen) atoms. The van der Waals surface area contributed by atoms with Crippen LogP contribution in [-0.2, 0) is 16.4 Å². The summed E-state index contributed by atoms with van der Waals surface area (Å²) >= 11 is 0. The van der Waals surface area contributed by atoms with Crippen LogP contribution in [0, 0.1) is 0 Å². The van der Waals surface area contributed by atoms with Gasteiger partial charge in [-0.05, 0) is 42.8 Å². The molecule has 0 saturated carbocycles. The first kappa shape index (κ1) is 17.2. The van der Waals surface area contributed by atoms with Crippen molar-refractivity contribution in [3.8, 4) is 0 Å². The van der Waals surface area contributed by atoms with Gasteiger partial charge in [0, 0.05) is 31.4 Å². The van der Waals surface area contributed by atoms with E-state index in [4.69, 9.17) is 4.42 Å². The van der Waals surface area contributed by atoms with Gasteiger partial charge in [0.05, 0.1) is 10.6 Å². The molecule has 1 saturated heterocycles. The molecule has 1 unspecified atom stereocenters. The molecule has 6 nitrogen and oxygen atoms in total. The van der Waals surface area contributed by atoms with Crippen LogP contribution in [0.1, 0.15) is 30.7 Å². The third-order valence-electron chi connectivity index (χ3n) is 4.87. The Balaban J connectivity index is 1.52.